The first-order valence-electron chi connectivity index (χ1n) is 4.97. The maximum absolute atomic E-state index is 12.9. The standard InChI is InChI=1S/C11H9BrF3NO/c1-16-9(17)3-2-6-4-7(12)5-8(10(6)16)11(13,14)15/h4-5H,2-3H2,1H3. The highest BCUT2D eigenvalue weighted by Crippen LogP contribution is 2.42. The number of hydrogen-bond acceptors (Lipinski definition) is 1. The lowest BCUT2D eigenvalue weighted by Crippen LogP contribution is -2.33. The average molecular weight is 308 g/mol. The molecule has 1 amide bonds. The van der Waals surface area contributed by atoms with Crippen LogP contribution in [0.15, 0.2) is 16.6 Å². The Morgan fingerprint density at radius 1 is 1.29 bits per heavy atom. The number of nitrogens with zero attached hydrogens (tertiary/aromatic N) is 1. The molecule has 1 aliphatic heterocycles. The van der Waals surface area contributed by atoms with Crippen LogP contribution in [0.3, 0.4) is 0 Å². The summed E-state index contributed by atoms with van der Waals surface area (Å²) in [6, 6.07) is 2.64. The van der Waals surface area contributed by atoms with Crippen molar-refractivity contribution in [1.29, 1.82) is 0 Å². The van der Waals surface area contributed by atoms with Gasteiger partial charge in [0, 0.05) is 17.9 Å². The van der Waals surface area contributed by atoms with Crippen LogP contribution in [0.2, 0.25) is 0 Å². The lowest BCUT2D eigenvalue weighted by Gasteiger charge is -2.29. The number of rotatable bonds is 0. The number of amides is 1. The normalized spacial score (nSPS) is 16.1. The molecule has 2 rings (SSSR count). The average Bonchev–Trinajstić information content (AvgIpc) is 2.21. The smallest absolute Gasteiger partial charge is 0.315 e. The van der Waals surface area contributed by atoms with E-state index in [0.717, 1.165) is 11.0 Å². The van der Waals surface area contributed by atoms with Crippen molar-refractivity contribution in [3.63, 3.8) is 0 Å². The monoisotopic (exact) mass is 307 g/mol. The number of carbonyl (C=O) groups excluding carboxylic acids is 1. The summed E-state index contributed by atoms with van der Waals surface area (Å²) in [5.74, 6) is -0.287. The molecule has 1 heterocycles. The third kappa shape index (κ3) is 2.18. The SMILES string of the molecule is CN1C(=O)CCc2cc(Br)cc(C(F)(F)F)c21. The van der Waals surface area contributed by atoms with Crippen molar-refractivity contribution in [2.24, 2.45) is 0 Å². The van der Waals surface area contributed by atoms with Gasteiger partial charge in [0.2, 0.25) is 5.91 Å². The van der Waals surface area contributed by atoms with Gasteiger partial charge in [0.1, 0.15) is 0 Å². The Morgan fingerprint density at radius 2 is 1.94 bits per heavy atom. The van der Waals surface area contributed by atoms with Crippen LogP contribution >= 0.6 is 15.9 Å². The van der Waals surface area contributed by atoms with Crippen molar-refractivity contribution in [3.8, 4) is 0 Å². The van der Waals surface area contributed by atoms with Crippen molar-refractivity contribution < 1.29 is 18.0 Å². The van der Waals surface area contributed by atoms with Crippen LogP contribution in [0.4, 0.5) is 18.9 Å². The summed E-state index contributed by atoms with van der Waals surface area (Å²) >= 11 is 3.07. The largest absolute Gasteiger partial charge is 0.418 e. The van der Waals surface area contributed by atoms with Gasteiger partial charge in [-0.25, -0.2) is 0 Å². The Morgan fingerprint density at radius 3 is 2.53 bits per heavy atom. The molecule has 0 aromatic heterocycles. The first kappa shape index (κ1) is 12.4. The fourth-order valence-corrected chi connectivity index (χ4v) is 2.50. The van der Waals surface area contributed by atoms with Crippen LogP contribution < -0.4 is 4.90 Å². The van der Waals surface area contributed by atoms with Gasteiger partial charge in [0.15, 0.2) is 0 Å². The summed E-state index contributed by atoms with van der Waals surface area (Å²) in [4.78, 5) is 12.6. The first-order valence-corrected chi connectivity index (χ1v) is 5.76. The third-order valence-corrected chi connectivity index (χ3v) is 3.23. The number of hydrogen-bond donors (Lipinski definition) is 0. The van der Waals surface area contributed by atoms with E-state index in [9.17, 15) is 18.0 Å². The minimum Gasteiger partial charge on any atom is -0.315 e. The van der Waals surface area contributed by atoms with Crippen LogP contribution in [0.25, 0.3) is 0 Å². The molecule has 0 radical (unpaired) electrons. The summed E-state index contributed by atoms with van der Waals surface area (Å²) in [7, 11) is 1.38. The Hall–Kier alpha value is -1.04. The molecule has 1 aliphatic rings. The lowest BCUT2D eigenvalue weighted by molar-refractivity contribution is -0.137. The molecular weight excluding hydrogens is 299 g/mol. The molecule has 1 aromatic rings. The number of fused-ring (bicyclic) bond motifs is 1. The topological polar surface area (TPSA) is 20.3 Å². The van der Waals surface area contributed by atoms with Crippen molar-refractivity contribution in [2.45, 2.75) is 19.0 Å². The third-order valence-electron chi connectivity index (χ3n) is 2.78. The Bertz CT molecular complexity index is 484. The zero-order valence-corrected chi connectivity index (χ0v) is 10.5. The summed E-state index contributed by atoms with van der Waals surface area (Å²) in [6.07, 6.45) is -3.86. The van der Waals surface area contributed by atoms with Gasteiger partial charge in [-0.15, -0.1) is 0 Å². The molecule has 1 aromatic carbocycles. The second-order valence-electron chi connectivity index (χ2n) is 3.91. The predicted octanol–water partition coefficient (Wildman–Crippen LogP) is 3.38. The summed E-state index contributed by atoms with van der Waals surface area (Å²) in [5.41, 5.74) is -0.233. The van der Waals surface area contributed by atoms with Crippen LogP contribution in [0.5, 0.6) is 0 Å². The molecule has 0 aliphatic carbocycles. The quantitative estimate of drug-likeness (QED) is 0.719. The molecule has 17 heavy (non-hydrogen) atoms. The molecule has 0 fully saturated rings. The van der Waals surface area contributed by atoms with E-state index < -0.39 is 11.7 Å². The first-order chi connectivity index (χ1) is 7.80. The van der Waals surface area contributed by atoms with Gasteiger partial charge in [-0.05, 0) is 24.1 Å². The fourth-order valence-electron chi connectivity index (χ4n) is 1.99. The molecular formula is C11H9BrF3NO. The molecule has 92 valence electrons. The van der Waals surface area contributed by atoms with Gasteiger partial charge < -0.3 is 4.90 Å². The summed E-state index contributed by atoms with van der Waals surface area (Å²) in [5, 5.41) is 0. The van der Waals surface area contributed by atoms with E-state index in [4.69, 9.17) is 0 Å². The van der Waals surface area contributed by atoms with Gasteiger partial charge in [-0.2, -0.15) is 13.2 Å². The molecule has 0 unspecified atom stereocenters. The van der Waals surface area contributed by atoms with Crippen molar-refractivity contribution >= 4 is 27.5 Å². The number of benzene rings is 1. The summed E-state index contributed by atoms with van der Waals surface area (Å²) in [6.45, 7) is 0. The highest BCUT2D eigenvalue weighted by Gasteiger charge is 2.38. The Balaban J connectivity index is 2.68. The predicted molar refractivity (Wildman–Crippen MR) is 60.9 cm³/mol. The zero-order valence-electron chi connectivity index (χ0n) is 8.94. The highest BCUT2D eigenvalue weighted by molar-refractivity contribution is 9.10. The zero-order chi connectivity index (χ0) is 12.8. The maximum Gasteiger partial charge on any atom is 0.418 e. The molecule has 0 atom stereocenters. The second-order valence-corrected chi connectivity index (χ2v) is 4.83. The second kappa shape index (κ2) is 4.01. The van der Waals surface area contributed by atoms with E-state index in [2.05, 4.69) is 15.9 Å². The molecule has 6 heteroatoms. The molecule has 0 N–H and O–H groups in total. The molecule has 0 bridgehead atoms. The van der Waals surface area contributed by atoms with Gasteiger partial charge in [-0.1, -0.05) is 15.9 Å². The summed E-state index contributed by atoms with van der Waals surface area (Å²) < 4.78 is 39.1. The van der Waals surface area contributed by atoms with Crippen LogP contribution in [0, 0.1) is 0 Å². The molecule has 0 saturated carbocycles. The van der Waals surface area contributed by atoms with Gasteiger partial charge in [0.05, 0.1) is 11.3 Å². The molecule has 0 saturated heterocycles. The van der Waals surface area contributed by atoms with Crippen LogP contribution in [0.1, 0.15) is 17.5 Å². The van der Waals surface area contributed by atoms with Gasteiger partial charge >= 0.3 is 6.18 Å². The Labute approximate surface area is 105 Å². The van der Waals surface area contributed by atoms with E-state index in [1.54, 1.807) is 6.07 Å². The van der Waals surface area contributed by atoms with E-state index in [1.807, 2.05) is 0 Å². The molecule has 2 nitrogen and oxygen atoms in total. The number of carbonyl (C=O) groups is 1. The van der Waals surface area contributed by atoms with Crippen LogP contribution in [-0.4, -0.2) is 13.0 Å². The fraction of sp³-hybridized carbons (Fsp3) is 0.364. The highest BCUT2D eigenvalue weighted by atomic mass is 79.9. The maximum atomic E-state index is 12.9. The van der Waals surface area contributed by atoms with E-state index in [0.29, 0.717) is 16.5 Å². The number of alkyl halides is 3. The minimum absolute atomic E-state index is 0.0167. The number of aryl methyl sites for hydroxylation is 1. The number of anilines is 1. The van der Waals surface area contributed by atoms with E-state index in [-0.39, 0.29) is 18.0 Å². The van der Waals surface area contributed by atoms with E-state index >= 15 is 0 Å². The van der Waals surface area contributed by atoms with Gasteiger partial charge in [0.25, 0.3) is 0 Å². The van der Waals surface area contributed by atoms with Crippen molar-refractivity contribution in [1.82, 2.24) is 0 Å². The lowest BCUT2D eigenvalue weighted by atomic mass is 9.97. The minimum atomic E-state index is -4.46. The molecule has 0 spiro atoms. The number of halogens is 4. The van der Waals surface area contributed by atoms with E-state index in [1.165, 1.54) is 7.05 Å². The van der Waals surface area contributed by atoms with Gasteiger partial charge in [-0.3, -0.25) is 4.79 Å². The van der Waals surface area contributed by atoms with Crippen molar-refractivity contribution in [2.75, 3.05) is 11.9 Å². The Kier molecular flexibility index (Phi) is 2.93. The van der Waals surface area contributed by atoms with Crippen molar-refractivity contribution in [3.05, 3.63) is 27.7 Å². The van der Waals surface area contributed by atoms with Crippen LogP contribution in [-0.2, 0) is 17.4 Å².